The lowest BCUT2D eigenvalue weighted by Gasteiger charge is -2.13. The Kier molecular flexibility index (Phi) is 5.52. The lowest BCUT2D eigenvalue weighted by molar-refractivity contribution is 0.340. The van der Waals surface area contributed by atoms with E-state index in [4.69, 9.17) is 10.5 Å². The van der Waals surface area contributed by atoms with Crippen molar-refractivity contribution in [2.24, 2.45) is 0 Å². The highest BCUT2D eigenvalue weighted by atomic mass is 79.9. The average molecular weight is 418 g/mol. The van der Waals surface area contributed by atoms with Crippen molar-refractivity contribution in [2.75, 3.05) is 23.0 Å². The molecule has 134 valence electrons. The van der Waals surface area contributed by atoms with Crippen LogP contribution in [0.3, 0.4) is 0 Å². The van der Waals surface area contributed by atoms with E-state index in [-0.39, 0.29) is 11.4 Å². The van der Waals surface area contributed by atoms with E-state index in [1.807, 2.05) is 31.2 Å². The molecule has 1 heterocycles. The standard InChI is InChI=1S/C18H17BrFN5O/c1-2-26-13-6-4-12(5-7-13)24-17-16(21)18(23-10-22-17)25-15-8-3-11(19)9-14(15)20/h3-10H,2,21H2,1H3,(H2,22,23,24,25). The molecule has 0 aliphatic rings. The van der Waals surface area contributed by atoms with Gasteiger partial charge in [-0.05, 0) is 49.4 Å². The molecule has 0 fully saturated rings. The quantitative estimate of drug-likeness (QED) is 0.531. The van der Waals surface area contributed by atoms with Crippen LogP contribution < -0.4 is 21.1 Å². The Bertz CT molecular complexity index is 905. The minimum absolute atomic E-state index is 0.269. The third kappa shape index (κ3) is 4.20. The van der Waals surface area contributed by atoms with Crippen molar-refractivity contribution < 1.29 is 9.13 Å². The summed E-state index contributed by atoms with van der Waals surface area (Å²) in [5, 5.41) is 6.01. The Balaban J connectivity index is 1.80. The molecule has 3 aromatic rings. The van der Waals surface area contributed by atoms with Crippen molar-refractivity contribution in [1.29, 1.82) is 0 Å². The number of anilines is 5. The molecule has 26 heavy (non-hydrogen) atoms. The number of nitrogens with zero attached hydrogens (tertiary/aromatic N) is 2. The molecule has 0 radical (unpaired) electrons. The highest BCUT2D eigenvalue weighted by molar-refractivity contribution is 9.10. The van der Waals surface area contributed by atoms with Crippen LogP contribution in [0.15, 0.2) is 53.3 Å². The zero-order valence-electron chi connectivity index (χ0n) is 14.0. The minimum Gasteiger partial charge on any atom is -0.494 e. The van der Waals surface area contributed by atoms with E-state index in [1.165, 1.54) is 12.4 Å². The molecular weight excluding hydrogens is 401 g/mol. The van der Waals surface area contributed by atoms with Gasteiger partial charge in [0, 0.05) is 10.2 Å². The summed E-state index contributed by atoms with van der Waals surface area (Å²) < 4.78 is 20.1. The Hall–Kier alpha value is -2.87. The first-order valence-corrected chi connectivity index (χ1v) is 8.68. The summed E-state index contributed by atoms with van der Waals surface area (Å²) in [6, 6.07) is 12.1. The summed E-state index contributed by atoms with van der Waals surface area (Å²) in [7, 11) is 0. The number of benzene rings is 2. The van der Waals surface area contributed by atoms with Crippen LogP contribution in [0.4, 0.5) is 33.1 Å². The SMILES string of the molecule is CCOc1ccc(Nc2ncnc(Nc3ccc(Br)cc3F)c2N)cc1. The second-order valence-electron chi connectivity index (χ2n) is 5.32. The Morgan fingerprint density at radius 1 is 1.08 bits per heavy atom. The molecule has 0 aliphatic heterocycles. The first kappa shape index (κ1) is 17.9. The van der Waals surface area contributed by atoms with Gasteiger partial charge in [0.05, 0.1) is 12.3 Å². The third-order valence-corrected chi connectivity index (χ3v) is 3.99. The second kappa shape index (κ2) is 8.01. The van der Waals surface area contributed by atoms with Crippen LogP contribution in [0, 0.1) is 5.82 Å². The van der Waals surface area contributed by atoms with Gasteiger partial charge < -0.3 is 21.1 Å². The number of rotatable bonds is 6. The number of nitrogens with one attached hydrogen (secondary N) is 2. The maximum absolute atomic E-state index is 14.0. The van der Waals surface area contributed by atoms with Gasteiger partial charge in [0.1, 0.15) is 23.6 Å². The molecule has 0 unspecified atom stereocenters. The lowest BCUT2D eigenvalue weighted by Crippen LogP contribution is -2.06. The van der Waals surface area contributed by atoms with Crippen LogP contribution in [0.5, 0.6) is 5.75 Å². The molecule has 2 aromatic carbocycles. The maximum Gasteiger partial charge on any atom is 0.159 e. The molecule has 0 saturated heterocycles. The molecule has 0 aliphatic carbocycles. The van der Waals surface area contributed by atoms with E-state index < -0.39 is 5.82 Å². The van der Waals surface area contributed by atoms with E-state index in [2.05, 4.69) is 36.5 Å². The number of nitrogens with two attached hydrogens (primary N) is 1. The van der Waals surface area contributed by atoms with Gasteiger partial charge in [-0.25, -0.2) is 14.4 Å². The van der Waals surface area contributed by atoms with Gasteiger partial charge in [0.15, 0.2) is 11.6 Å². The largest absolute Gasteiger partial charge is 0.494 e. The molecule has 0 atom stereocenters. The summed E-state index contributed by atoms with van der Waals surface area (Å²) in [5.41, 5.74) is 7.47. The zero-order valence-corrected chi connectivity index (χ0v) is 15.5. The molecule has 3 rings (SSSR count). The molecule has 4 N–H and O–H groups in total. The van der Waals surface area contributed by atoms with Gasteiger partial charge in [-0.3, -0.25) is 0 Å². The van der Waals surface area contributed by atoms with E-state index in [1.54, 1.807) is 12.1 Å². The first-order valence-electron chi connectivity index (χ1n) is 7.89. The number of hydrogen-bond donors (Lipinski definition) is 3. The normalized spacial score (nSPS) is 10.4. The maximum atomic E-state index is 14.0. The van der Waals surface area contributed by atoms with Crippen molar-refractivity contribution in [3.8, 4) is 5.75 Å². The lowest BCUT2D eigenvalue weighted by atomic mass is 10.3. The monoisotopic (exact) mass is 417 g/mol. The molecule has 1 aromatic heterocycles. The summed E-state index contributed by atoms with van der Waals surface area (Å²) in [6.07, 6.45) is 1.35. The summed E-state index contributed by atoms with van der Waals surface area (Å²) in [6.45, 7) is 2.53. The van der Waals surface area contributed by atoms with Crippen molar-refractivity contribution in [2.45, 2.75) is 6.92 Å². The smallest absolute Gasteiger partial charge is 0.159 e. The van der Waals surface area contributed by atoms with E-state index >= 15 is 0 Å². The number of aromatic nitrogens is 2. The number of ether oxygens (including phenoxy) is 1. The molecule has 0 bridgehead atoms. The minimum atomic E-state index is -0.418. The van der Waals surface area contributed by atoms with Gasteiger partial charge in [0.2, 0.25) is 0 Å². The van der Waals surface area contributed by atoms with Crippen LogP contribution in [0.2, 0.25) is 0 Å². The van der Waals surface area contributed by atoms with Gasteiger partial charge in [0.25, 0.3) is 0 Å². The topological polar surface area (TPSA) is 85.1 Å². The molecular formula is C18H17BrFN5O. The fourth-order valence-electron chi connectivity index (χ4n) is 2.25. The first-order chi connectivity index (χ1) is 12.6. The zero-order chi connectivity index (χ0) is 18.5. The van der Waals surface area contributed by atoms with E-state index in [0.29, 0.717) is 22.7 Å². The van der Waals surface area contributed by atoms with Crippen LogP contribution in [0.25, 0.3) is 0 Å². The van der Waals surface area contributed by atoms with Gasteiger partial charge in [-0.15, -0.1) is 0 Å². The van der Waals surface area contributed by atoms with Crippen LogP contribution >= 0.6 is 15.9 Å². The number of halogens is 2. The number of nitrogen functional groups attached to an aromatic ring is 1. The Morgan fingerprint density at radius 3 is 2.42 bits per heavy atom. The van der Waals surface area contributed by atoms with Crippen LogP contribution in [0.1, 0.15) is 6.92 Å². The van der Waals surface area contributed by atoms with Crippen molar-refractivity contribution in [3.05, 3.63) is 59.1 Å². The number of hydrogen-bond acceptors (Lipinski definition) is 6. The van der Waals surface area contributed by atoms with E-state index in [9.17, 15) is 4.39 Å². The Labute approximate surface area is 158 Å². The van der Waals surface area contributed by atoms with Gasteiger partial charge >= 0.3 is 0 Å². The third-order valence-electron chi connectivity index (χ3n) is 3.50. The summed E-state index contributed by atoms with van der Waals surface area (Å²) in [4.78, 5) is 8.24. The van der Waals surface area contributed by atoms with Crippen molar-refractivity contribution in [3.63, 3.8) is 0 Å². The molecule has 8 heteroatoms. The second-order valence-corrected chi connectivity index (χ2v) is 6.23. The highest BCUT2D eigenvalue weighted by Crippen LogP contribution is 2.30. The van der Waals surface area contributed by atoms with E-state index in [0.717, 1.165) is 11.4 Å². The molecule has 0 spiro atoms. The van der Waals surface area contributed by atoms with Crippen molar-refractivity contribution in [1.82, 2.24) is 9.97 Å². The summed E-state index contributed by atoms with van der Waals surface area (Å²) >= 11 is 3.22. The van der Waals surface area contributed by atoms with Crippen LogP contribution in [-0.4, -0.2) is 16.6 Å². The van der Waals surface area contributed by atoms with Gasteiger partial charge in [-0.2, -0.15) is 0 Å². The Morgan fingerprint density at radius 2 is 1.77 bits per heavy atom. The van der Waals surface area contributed by atoms with Gasteiger partial charge in [-0.1, -0.05) is 15.9 Å². The van der Waals surface area contributed by atoms with Crippen LogP contribution in [-0.2, 0) is 0 Å². The molecule has 6 nitrogen and oxygen atoms in total. The fraction of sp³-hybridized carbons (Fsp3) is 0.111. The summed E-state index contributed by atoms with van der Waals surface area (Å²) in [5.74, 6) is 1.10. The molecule has 0 saturated carbocycles. The predicted octanol–water partition coefficient (Wildman–Crippen LogP) is 4.85. The molecule has 0 amide bonds. The highest BCUT2D eigenvalue weighted by Gasteiger charge is 2.11. The fourth-order valence-corrected chi connectivity index (χ4v) is 2.58. The predicted molar refractivity (Wildman–Crippen MR) is 105 cm³/mol. The van der Waals surface area contributed by atoms with Crippen molar-refractivity contribution >= 4 is 44.6 Å². The average Bonchev–Trinajstić information content (AvgIpc) is 2.62.